The lowest BCUT2D eigenvalue weighted by Gasteiger charge is -2.06. The van der Waals surface area contributed by atoms with E-state index < -0.39 is 0 Å². The molecule has 3 aromatic heterocycles. The summed E-state index contributed by atoms with van der Waals surface area (Å²) in [4.78, 5) is 12.8. The molecule has 130 valence electrons. The van der Waals surface area contributed by atoms with Crippen molar-refractivity contribution in [2.75, 3.05) is 5.73 Å². The molecular formula is C22H17N5. The third kappa shape index (κ3) is 2.48. The molecule has 4 aromatic rings. The van der Waals surface area contributed by atoms with Gasteiger partial charge < -0.3 is 10.7 Å². The Morgan fingerprint density at radius 3 is 2.67 bits per heavy atom. The van der Waals surface area contributed by atoms with Crippen LogP contribution in [0.5, 0.6) is 0 Å². The third-order valence-electron chi connectivity index (χ3n) is 4.66. The van der Waals surface area contributed by atoms with Gasteiger partial charge in [-0.15, -0.1) is 0 Å². The molecule has 1 aliphatic rings. The van der Waals surface area contributed by atoms with E-state index in [0.717, 1.165) is 39.6 Å². The molecule has 1 aromatic carbocycles. The smallest absolute Gasteiger partial charge is 0.147 e. The molecule has 0 saturated heterocycles. The number of fused-ring (bicyclic) bond motifs is 1. The number of aromatic nitrogens is 3. The number of nitrogens with zero attached hydrogens (tertiary/aromatic N) is 3. The van der Waals surface area contributed by atoms with E-state index in [0.29, 0.717) is 5.69 Å². The molecule has 0 saturated carbocycles. The van der Waals surface area contributed by atoms with E-state index in [1.54, 1.807) is 6.21 Å². The van der Waals surface area contributed by atoms with Crippen molar-refractivity contribution in [1.82, 2.24) is 14.4 Å². The average molecular weight is 351 g/mol. The van der Waals surface area contributed by atoms with Gasteiger partial charge in [0.05, 0.1) is 16.8 Å². The van der Waals surface area contributed by atoms with Gasteiger partial charge in [0.15, 0.2) is 0 Å². The maximum absolute atomic E-state index is 6.24. The summed E-state index contributed by atoms with van der Waals surface area (Å²) in [5.74, 6) is 0.814. The Morgan fingerprint density at radius 2 is 1.89 bits per heavy atom. The van der Waals surface area contributed by atoms with Crippen molar-refractivity contribution in [3.8, 4) is 11.4 Å². The van der Waals surface area contributed by atoms with Crippen LogP contribution in [0.15, 0.2) is 89.8 Å². The van der Waals surface area contributed by atoms with Gasteiger partial charge in [-0.1, -0.05) is 18.2 Å². The summed E-state index contributed by atoms with van der Waals surface area (Å²) in [6.45, 7) is 0. The number of hydrogen-bond donors (Lipinski definition) is 2. The van der Waals surface area contributed by atoms with Gasteiger partial charge in [0.25, 0.3) is 0 Å². The largest absolute Gasteiger partial charge is 0.398 e. The molecule has 0 amide bonds. The Balaban J connectivity index is 1.84. The quantitative estimate of drug-likeness (QED) is 0.540. The van der Waals surface area contributed by atoms with Gasteiger partial charge in [0.2, 0.25) is 0 Å². The number of H-pyrrole nitrogens is 1. The molecule has 0 spiro atoms. The summed E-state index contributed by atoms with van der Waals surface area (Å²) in [7, 11) is 0. The highest BCUT2D eigenvalue weighted by molar-refractivity contribution is 5.92. The highest BCUT2D eigenvalue weighted by atomic mass is 15.0. The fourth-order valence-electron chi connectivity index (χ4n) is 3.43. The molecule has 4 heterocycles. The first-order valence-electron chi connectivity index (χ1n) is 8.74. The number of para-hydroxylation sites is 1. The predicted molar refractivity (Wildman–Crippen MR) is 109 cm³/mol. The number of anilines is 1. The second-order valence-electron chi connectivity index (χ2n) is 6.31. The molecule has 5 heteroatoms. The molecule has 0 unspecified atom stereocenters. The summed E-state index contributed by atoms with van der Waals surface area (Å²) in [6, 6.07) is 17.9. The van der Waals surface area contributed by atoms with Crippen LogP contribution >= 0.6 is 0 Å². The molecule has 0 bridgehead atoms. The van der Waals surface area contributed by atoms with Gasteiger partial charge in [-0.2, -0.15) is 0 Å². The van der Waals surface area contributed by atoms with Crippen LogP contribution in [0.2, 0.25) is 0 Å². The molecule has 27 heavy (non-hydrogen) atoms. The Bertz CT molecular complexity index is 1210. The minimum atomic E-state index is 0.702. The number of aliphatic imine (C=N–C) groups is 1. The second kappa shape index (κ2) is 6.14. The lowest BCUT2D eigenvalue weighted by atomic mass is 10.1. The van der Waals surface area contributed by atoms with Crippen LogP contribution in [0, 0.1) is 0 Å². The van der Waals surface area contributed by atoms with Crippen LogP contribution in [-0.2, 0) is 0 Å². The lowest BCUT2D eigenvalue weighted by Crippen LogP contribution is -1.94. The summed E-state index contributed by atoms with van der Waals surface area (Å²) in [6.07, 6.45) is 9.66. The zero-order valence-corrected chi connectivity index (χ0v) is 14.5. The van der Waals surface area contributed by atoms with Crippen molar-refractivity contribution in [3.63, 3.8) is 0 Å². The zero-order chi connectivity index (χ0) is 18.2. The molecule has 0 fully saturated rings. The van der Waals surface area contributed by atoms with E-state index >= 15 is 0 Å². The summed E-state index contributed by atoms with van der Waals surface area (Å²) < 4.78 is 2.08. The highest BCUT2D eigenvalue weighted by Crippen LogP contribution is 2.34. The summed E-state index contributed by atoms with van der Waals surface area (Å²) in [5, 5.41) is 0. The molecule has 0 aliphatic carbocycles. The number of rotatable bonds is 3. The predicted octanol–water partition coefficient (Wildman–Crippen LogP) is 4.31. The van der Waals surface area contributed by atoms with Crippen molar-refractivity contribution in [3.05, 3.63) is 96.2 Å². The first kappa shape index (κ1) is 15.4. The summed E-state index contributed by atoms with van der Waals surface area (Å²) in [5.41, 5.74) is 12.6. The maximum atomic E-state index is 6.24. The summed E-state index contributed by atoms with van der Waals surface area (Å²) >= 11 is 0. The van der Waals surface area contributed by atoms with Gasteiger partial charge in [-0.25, -0.2) is 4.98 Å². The fraction of sp³-hybridized carbons (Fsp3) is 0. The van der Waals surface area contributed by atoms with Gasteiger partial charge in [0, 0.05) is 35.6 Å². The zero-order valence-electron chi connectivity index (χ0n) is 14.5. The van der Waals surface area contributed by atoms with Crippen LogP contribution in [-0.4, -0.2) is 20.6 Å². The van der Waals surface area contributed by atoms with Gasteiger partial charge in [-0.3, -0.25) is 9.39 Å². The SMILES string of the molecule is Nc1ccccc1-c1nc(/C(=C2/C=CC=N2)c2ccc[nH]2)c2ccccn12. The number of aromatic amines is 1. The van der Waals surface area contributed by atoms with E-state index in [1.165, 1.54) is 0 Å². The number of hydrogen-bond acceptors (Lipinski definition) is 3. The number of nitrogens with two attached hydrogens (primary N) is 1. The van der Waals surface area contributed by atoms with Crippen molar-refractivity contribution in [2.45, 2.75) is 0 Å². The van der Waals surface area contributed by atoms with Gasteiger partial charge in [-0.05, 0) is 48.6 Å². The van der Waals surface area contributed by atoms with Crippen LogP contribution in [0.4, 0.5) is 5.69 Å². The Morgan fingerprint density at radius 1 is 1.00 bits per heavy atom. The lowest BCUT2D eigenvalue weighted by molar-refractivity contribution is 1.16. The van der Waals surface area contributed by atoms with Crippen molar-refractivity contribution >= 4 is 23.0 Å². The average Bonchev–Trinajstić information content (AvgIpc) is 3.45. The van der Waals surface area contributed by atoms with Crippen molar-refractivity contribution < 1.29 is 0 Å². The van der Waals surface area contributed by atoms with E-state index in [-0.39, 0.29) is 0 Å². The van der Waals surface area contributed by atoms with E-state index in [1.807, 2.05) is 73.1 Å². The van der Waals surface area contributed by atoms with Crippen molar-refractivity contribution in [2.24, 2.45) is 4.99 Å². The van der Waals surface area contributed by atoms with E-state index in [9.17, 15) is 0 Å². The second-order valence-corrected chi connectivity index (χ2v) is 6.31. The number of imidazole rings is 1. The van der Waals surface area contributed by atoms with E-state index in [2.05, 4.69) is 20.4 Å². The molecule has 0 atom stereocenters. The molecule has 3 N–H and O–H groups in total. The first-order valence-corrected chi connectivity index (χ1v) is 8.74. The van der Waals surface area contributed by atoms with E-state index in [4.69, 9.17) is 10.7 Å². The minimum Gasteiger partial charge on any atom is -0.398 e. The normalized spacial score (nSPS) is 15.0. The molecule has 1 aliphatic heterocycles. The van der Waals surface area contributed by atoms with Crippen LogP contribution in [0.3, 0.4) is 0 Å². The van der Waals surface area contributed by atoms with Gasteiger partial charge >= 0.3 is 0 Å². The Labute approximate surface area is 156 Å². The van der Waals surface area contributed by atoms with Gasteiger partial charge in [0.1, 0.15) is 11.5 Å². The maximum Gasteiger partial charge on any atom is 0.147 e. The molecular weight excluding hydrogens is 334 g/mol. The first-order chi connectivity index (χ1) is 13.3. The number of benzene rings is 1. The van der Waals surface area contributed by atoms with Crippen LogP contribution in [0.1, 0.15) is 11.4 Å². The van der Waals surface area contributed by atoms with Crippen LogP contribution in [0.25, 0.3) is 22.5 Å². The number of nitrogen functional groups attached to an aromatic ring is 1. The topological polar surface area (TPSA) is 71.5 Å². The van der Waals surface area contributed by atoms with Crippen LogP contribution < -0.4 is 5.73 Å². The molecule has 5 nitrogen and oxygen atoms in total. The number of allylic oxidation sites excluding steroid dienone is 2. The minimum absolute atomic E-state index is 0.702. The highest BCUT2D eigenvalue weighted by Gasteiger charge is 2.21. The fourth-order valence-corrected chi connectivity index (χ4v) is 3.43. The Hall–Kier alpha value is -3.86. The van der Waals surface area contributed by atoms with Crippen molar-refractivity contribution in [1.29, 1.82) is 0 Å². The number of pyridine rings is 1. The third-order valence-corrected chi connectivity index (χ3v) is 4.66. The molecule has 5 rings (SSSR count). The Kier molecular flexibility index (Phi) is 3.50. The number of nitrogens with one attached hydrogen (secondary N) is 1. The molecule has 0 radical (unpaired) electrons. The monoisotopic (exact) mass is 351 g/mol. The standard InChI is InChI=1S/C22H17N5/c23-16-8-2-1-7-15(16)22-26-21(19-11-3-4-14-27(19)22)20(17-9-5-12-24-17)18-10-6-13-25-18/h1-14,24H,23H2/b20-18-.